The fraction of sp³-hybridized carbons (Fsp3) is 0.235. The Kier molecular flexibility index (Phi) is 4.15. The highest BCUT2D eigenvalue weighted by Crippen LogP contribution is 2.35. The summed E-state index contributed by atoms with van der Waals surface area (Å²) in [6.45, 7) is 1.88. The average molecular weight is 299 g/mol. The van der Waals surface area contributed by atoms with Gasteiger partial charge in [0, 0.05) is 16.7 Å². The zero-order chi connectivity index (χ0) is 14.7. The number of rotatable bonds is 3. The smallest absolute Gasteiger partial charge is 0.244 e. The number of aryl methyl sites for hydroxylation is 1. The van der Waals surface area contributed by atoms with Crippen molar-refractivity contribution in [2.45, 2.75) is 24.3 Å². The van der Waals surface area contributed by atoms with E-state index in [-0.39, 0.29) is 11.9 Å². The molecule has 108 valence electrons. The highest BCUT2D eigenvalue weighted by atomic mass is 32.2. The first kappa shape index (κ1) is 14.0. The molecule has 21 heavy (non-hydrogen) atoms. The second-order valence-corrected chi connectivity index (χ2v) is 6.15. The molecule has 1 N–H and O–H groups in total. The molecular formula is C17H17NO2S. The summed E-state index contributed by atoms with van der Waals surface area (Å²) in [5.74, 6) is 2.48. The molecule has 1 aromatic heterocycles. The Morgan fingerprint density at radius 2 is 2.19 bits per heavy atom. The van der Waals surface area contributed by atoms with Crippen molar-refractivity contribution in [3.05, 3.63) is 59.6 Å². The van der Waals surface area contributed by atoms with Gasteiger partial charge in [-0.15, -0.1) is 11.8 Å². The molecule has 0 fully saturated rings. The van der Waals surface area contributed by atoms with Crippen molar-refractivity contribution in [1.29, 1.82) is 0 Å². The second-order valence-electron chi connectivity index (χ2n) is 5.02. The summed E-state index contributed by atoms with van der Waals surface area (Å²) < 4.78 is 5.41. The van der Waals surface area contributed by atoms with E-state index in [0.29, 0.717) is 5.76 Å². The van der Waals surface area contributed by atoms with Crippen LogP contribution in [0.15, 0.2) is 51.8 Å². The molecular weight excluding hydrogens is 282 g/mol. The van der Waals surface area contributed by atoms with E-state index in [1.807, 2.05) is 43.0 Å². The number of furan rings is 1. The van der Waals surface area contributed by atoms with E-state index in [0.717, 1.165) is 17.9 Å². The summed E-state index contributed by atoms with van der Waals surface area (Å²) in [5, 5.41) is 3.07. The minimum atomic E-state index is -0.0873. The van der Waals surface area contributed by atoms with Crippen LogP contribution in [0.5, 0.6) is 0 Å². The molecule has 2 aromatic rings. The standard InChI is InChI=1S/C17H17NO2S/c1-12-6-7-13(20-12)8-9-17(19)18-15-10-11-21-16-5-3-2-4-14(15)16/h2-9,15H,10-11H2,1H3,(H,18,19)/b9-8+/t15-/m0/s1. The third-order valence-electron chi connectivity index (χ3n) is 3.44. The second kappa shape index (κ2) is 6.22. The Bertz CT molecular complexity index is 675. The van der Waals surface area contributed by atoms with Gasteiger partial charge in [0.2, 0.25) is 5.91 Å². The SMILES string of the molecule is Cc1ccc(/C=C/C(=O)N[C@H]2CCSc3ccccc32)o1. The number of amides is 1. The molecule has 0 aliphatic carbocycles. The zero-order valence-electron chi connectivity index (χ0n) is 11.8. The molecule has 0 radical (unpaired) electrons. The van der Waals surface area contributed by atoms with Crippen LogP contribution in [0, 0.1) is 6.92 Å². The molecule has 2 heterocycles. The Morgan fingerprint density at radius 3 is 3.00 bits per heavy atom. The van der Waals surface area contributed by atoms with Crippen LogP contribution in [-0.2, 0) is 4.79 Å². The van der Waals surface area contributed by atoms with Crippen LogP contribution in [-0.4, -0.2) is 11.7 Å². The van der Waals surface area contributed by atoms with E-state index in [2.05, 4.69) is 17.4 Å². The van der Waals surface area contributed by atoms with Crippen molar-refractivity contribution in [1.82, 2.24) is 5.32 Å². The molecule has 1 aliphatic rings. The fourth-order valence-electron chi connectivity index (χ4n) is 2.41. The molecule has 0 saturated heterocycles. The molecule has 1 aromatic carbocycles. The van der Waals surface area contributed by atoms with Gasteiger partial charge in [-0.25, -0.2) is 0 Å². The van der Waals surface area contributed by atoms with Crippen LogP contribution in [0.1, 0.15) is 29.5 Å². The lowest BCUT2D eigenvalue weighted by Crippen LogP contribution is -2.29. The van der Waals surface area contributed by atoms with Gasteiger partial charge in [-0.05, 0) is 43.2 Å². The zero-order valence-corrected chi connectivity index (χ0v) is 12.7. The third-order valence-corrected chi connectivity index (χ3v) is 4.56. The Morgan fingerprint density at radius 1 is 1.33 bits per heavy atom. The molecule has 1 aliphatic heterocycles. The van der Waals surface area contributed by atoms with Crippen molar-refractivity contribution >= 4 is 23.7 Å². The predicted molar refractivity (Wildman–Crippen MR) is 85.1 cm³/mol. The van der Waals surface area contributed by atoms with Gasteiger partial charge in [-0.1, -0.05) is 18.2 Å². The number of carbonyl (C=O) groups is 1. The van der Waals surface area contributed by atoms with Crippen molar-refractivity contribution in [3.8, 4) is 0 Å². The minimum absolute atomic E-state index is 0.0873. The van der Waals surface area contributed by atoms with Crippen LogP contribution in [0.2, 0.25) is 0 Å². The lowest BCUT2D eigenvalue weighted by Gasteiger charge is -2.25. The number of fused-ring (bicyclic) bond motifs is 1. The molecule has 0 spiro atoms. The number of benzene rings is 1. The summed E-state index contributed by atoms with van der Waals surface area (Å²) in [6.07, 6.45) is 4.19. The van der Waals surface area contributed by atoms with Crippen molar-refractivity contribution in [3.63, 3.8) is 0 Å². The number of hydrogen-bond acceptors (Lipinski definition) is 3. The van der Waals surface area contributed by atoms with E-state index >= 15 is 0 Å². The average Bonchev–Trinajstić information content (AvgIpc) is 2.91. The minimum Gasteiger partial charge on any atom is -0.462 e. The van der Waals surface area contributed by atoms with E-state index in [1.165, 1.54) is 16.5 Å². The van der Waals surface area contributed by atoms with Crippen molar-refractivity contribution < 1.29 is 9.21 Å². The van der Waals surface area contributed by atoms with E-state index in [1.54, 1.807) is 6.08 Å². The normalized spacial score (nSPS) is 17.7. The fourth-order valence-corrected chi connectivity index (χ4v) is 3.54. The number of hydrogen-bond donors (Lipinski definition) is 1. The maximum atomic E-state index is 12.1. The van der Waals surface area contributed by atoms with Crippen molar-refractivity contribution in [2.75, 3.05) is 5.75 Å². The molecule has 1 atom stereocenters. The quantitative estimate of drug-likeness (QED) is 0.872. The monoisotopic (exact) mass is 299 g/mol. The van der Waals surface area contributed by atoms with Gasteiger partial charge in [0.25, 0.3) is 0 Å². The van der Waals surface area contributed by atoms with Crippen LogP contribution < -0.4 is 5.32 Å². The topological polar surface area (TPSA) is 42.2 Å². The van der Waals surface area contributed by atoms with Crippen LogP contribution in [0.25, 0.3) is 6.08 Å². The molecule has 0 bridgehead atoms. The summed E-state index contributed by atoms with van der Waals surface area (Å²) in [4.78, 5) is 13.3. The van der Waals surface area contributed by atoms with Gasteiger partial charge >= 0.3 is 0 Å². The number of nitrogens with one attached hydrogen (secondary N) is 1. The largest absolute Gasteiger partial charge is 0.462 e. The van der Waals surface area contributed by atoms with Crippen LogP contribution in [0.3, 0.4) is 0 Å². The first-order valence-corrected chi connectivity index (χ1v) is 7.98. The molecule has 3 nitrogen and oxygen atoms in total. The van der Waals surface area contributed by atoms with Gasteiger partial charge in [0.15, 0.2) is 0 Å². The maximum Gasteiger partial charge on any atom is 0.244 e. The maximum absolute atomic E-state index is 12.1. The predicted octanol–water partition coefficient (Wildman–Crippen LogP) is 3.95. The molecule has 1 amide bonds. The molecule has 0 unspecified atom stereocenters. The van der Waals surface area contributed by atoms with E-state index < -0.39 is 0 Å². The van der Waals surface area contributed by atoms with E-state index in [4.69, 9.17) is 4.42 Å². The Hall–Kier alpha value is -1.94. The molecule has 3 rings (SSSR count). The summed E-state index contributed by atoms with van der Waals surface area (Å²) >= 11 is 1.85. The van der Waals surface area contributed by atoms with Gasteiger partial charge < -0.3 is 9.73 Å². The summed E-state index contributed by atoms with van der Waals surface area (Å²) in [7, 11) is 0. The molecule has 4 heteroatoms. The lowest BCUT2D eigenvalue weighted by molar-refractivity contribution is -0.117. The third kappa shape index (κ3) is 3.39. The molecule has 0 saturated carbocycles. The van der Waals surface area contributed by atoms with Crippen molar-refractivity contribution in [2.24, 2.45) is 0 Å². The lowest BCUT2D eigenvalue weighted by atomic mass is 10.0. The highest BCUT2D eigenvalue weighted by Gasteiger charge is 2.20. The Balaban J connectivity index is 1.67. The Labute approximate surface area is 128 Å². The summed E-state index contributed by atoms with van der Waals surface area (Å²) in [5.41, 5.74) is 1.21. The van der Waals surface area contributed by atoms with Gasteiger partial charge in [-0.3, -0.25) is 4.79 Å². The number of thioether (sulfide) groups is 1. The van der Waals surface area contributed by atoms with E-state index in [9.17, 15) is 4.79 Å². The highest BCUT2D eigenvalue weighted by molar-refractivity contribution is 7.99. The first-order chi connectivity index (χ1) is 10.2. The number of carbonyl (C=O) groups excluding carboxylic acids is 1. The van der Waals surface area contributed by atoms with Crippen LogP contribution >= 0.6 is 11.8 Å². The van der Waals surface area contributed by atoms with Crippen LogP contribution in [0.4, 0.5) is 0 Å². The first-order valence-electron chi connectivity index (χ1n) is 6.99. The van der Waals surface area contributed by atoms with Gasteiger partial charge in [-0.2, -0.15) is 0 Å². The summed E-state index contributed by atoms with van der Waals surface area (Å²) in [6, 6.07) is 12.1. The van der Waals surface area contributed by atoms with Gasteiger partial charge in [0.1, 0.15) is 11.5 Å². The van der Waals surface area contributed by atoms with Gasteiger partial charge in [0.05, 0.1) is 6.04 Å².